The lowest BCUT2D eigenvalue weighted by molar-refractivity contribution is 0.0482. The molecule has 5 heteroatoms. The molecule has 0 aliphatic rings. The second-order valence-electron chi connectivity index (χ2n) is 3.35. The Balaban J connectivity index is 2.10. The van der Waals surface area contributed by atoms with Gasteiger partial charge in [0.05, 0.1) is 29.5 Å². The molecule has 1 aromatic carbocycles. The van der Waals surface area contributed by atoms with Crippen molar-refractivity contribution >= 4 is 17.0 Å². The second-order valence-corrected chi connectivity index (χ2v) is 3.35. The van der Waals surface area contributed by atoms with Gasteiger partial charge in [-0.05, 0) is 18.2 Å². The van der Waals surface area contributed by atoms with Gasteiger partial charge < -0.3 is 14.8 Å². The number of benzene rings is 1. The molecule has 0 amide bonds. The number of rotatable bonds is 4. The van der Waals surface area contributed by atoms with E-state index < -0.39 is 0 Å². The Hall–Kier alpha value is -1.88. The van der Waals surface area contributed by atoms with Crippen LogP contribution in [0.5, 0.6) is 0 Å². The Morgan fingerprint density at radius 3 is 3.19 bits per heavy atom. The molecule has 5 nitrogen and oxygen atoms in total. The van der Waals surface area contributed by atoms with E-state index in [0.29, 0.717) is 12.0 Å². The average molecular weight is 220 g/mol. The average Bonchev–Trinajstić information content (AvgIpc) is 2.76. The van der Waals surface area contributed by atoms with Crippen molar-refractivity contribution in [2.75, 3.05) is 13.2 Å². The predicted molar refractivity (Wildman–Crippen MR) is 58.1 cm³/mol. The van der Waals surface area contributed by atoms with Crippen LogP contribution in [0.15, 0.2) is 24.5 Å². The van der Waals surface area contributed by atoms with Crippen LogP contribution in [0.2, 0.25) is 0 Å². The zero-order valence-corrected chi connectivity index (χ0v) is 8.64. The number of aliphatic hydroxyl groups excluding tert-OH is 1. The number of aromatic nitrogens is 2. The first-order chi connectivity index (χ1) is 7.81. The fraction of sp³-hybridized carbons (Fsp3) is 0.273. The van der Waals surface area contributed by atoms with Crippen molar-refractivity contribution in [1.82, 2.24) is 9.97 Å². The summed E-state index contributed by atoms with van der Waals surface area (Å²) in [5.41, 5.74) is 2.10. The number of carbonyl (C=O) groups is 1. The smallest absolute Gasteiger partial charge is 0.338 e. The van der Waals surface area contributed by atoms with Gasteiger partial charge in [-0.3, -0.25) is 0 Å². The molecular weight excluding hydrogens is 208 g/mol. The molecule has 0 aliphatic carbocycles. The summed E-state index contributed by atoms with van der Waals surface area (Å²) in [4.78, 5) is 18.5. The third-order valence-corrected chi connectivity index (χ3v) is 2.19. The van der Waals surface area contributed by atoms with Gasteiger partial charge >= 0.3 is 5.97 Å². The predicted octanol–water partition coefficient (Wildman–Crippen LogP) is 1.10. The number of aliphatic hydroxyl groups is 1. The standard InChI is InChI=1S/C11H12N2O3/c14-4-1-5-16-11(15)8-2-3-9-10(6-8)13-7-12-9/h2-3,6-7,14H,1,4-5H2,(H,12,13). The first kappa shape index (κ1) is 10.6. The minimum absolute atomic E-state index is 0.0207. The summed E-state index contributed by atoms with van der Waals surface area (Å²) in [5.74, 6) is -0.384. The highest BCUT2D eigenvalue weighted by atomic mass is 16.5. The molecule has 2 rings (SSSR count). The monoisotopic (exact) mass is 220 g/mol. The van der Waals surface area contributed by atoms with Crippen LogP contribution in [0.25, 0.3) is 11.0 Å². The maximum atomic E-state index is 11.5. The van der Waals surface area contributed by atoms with Crippen molar-refractivity contribution in [2.45, 2.75) is 6.42 Å². The van der Waals surface area contributed by atoms with E-state index in [1.54, 1.807) is 24.5 Å². The number of H-pyrrole nitrogens is 1. The lowest BCUT2D eigenvalue weighted by Crippen LogP contribution is -2.07. The van der Waals surface area contributed by atoms with Crippen LogP contribution in [0.1, 0.15) is 16.8 Å². The molecule has 84 valence electrons. The molecule has 0 atom stereocenters. The molecule has 2 N–H and O–H groups in total. The molecule has 0 radical (unpaired) electrons. The van der Waals surface area contributed by atoms with Crippen molar-refractivity contribution in [3.05, 3.63) is 30.1 Å². The van der Waals surface area contributed by atoms with E-state index in [1.807, 2.05) is 0 Å². The minimum atomic E-state index is -0.384. The third-order valence-electron chi connectivity index (χ3n) is 2.19. The number of ether oxygens (including phenoxy) is 1. The quantitative estimate of drug-likeness (QED) is 0.597. The molecule has 0 saturated carbocycles. The summed E-state index contributed by atoms with van der Waals surface area (Å²) < 4.78 is 4.96. The highest BCUT2D eigenvalue weighted by Gasteiger charge is 2.08. The van der Waals surface area contributed by atoms with Crippen molar-refractivity contribution < 1.29 is 14.6 Å². The number of hydrogen-bond acceptors (Lipinski definition) is 4. The van der Waals surface area contributed by atoms with Gasteiger partial charge in [-0.15, -0.1) is 0 Å². The molecule has 1 heterocycles. The lowest BCUT2D eigenvalue weighted by Gasteiger charge is -2.03. The van der Waals surface area contributed by atoms with Gasteiger partial charge in [-0.25, -0.2) is 9.78 Å². The van der Waals surface area contributed by atoms with Gasteiger partial charge in [-0.1, -0.05) is 0 Å². The van der Waals surface area contributed by atoms with Crippen molar-refractivity contribution in [2.24, 2.45) is 0 Å². The van der Waals surface area contributed by atoms with Crippen molar-refractivity contribution in [3.8, 4) is 0 Å². The van der Waals surface area contributed by atoms with E-state index >= 15 is 0 Å². The van der Waals surface area contributed by atoms with Crippen LogP contribution in [0, 0.1) is 0 Å². The molecule has 2 aromatic rings. The van der Waals surface area contributed by atoms with Gasteiger partial charge in [0.25, 0.3) is 0 Å². The van der Waals surface area contributed by atoms with Crippen LogP contribution in [-0.4, -0.2) is 34.3 Å². The number of nitrogens with one attached hydrogen (secondary N) is 1. The summed E-state index contributed by atoms with van der Waals surface area (Å²) in [7, 11) is 0. The van der Waals surface area contributed by atoms with Gasteiger partial charge in [-0.2, -0.15) is 0 Å². The van der Waals surface area contributed by atoms with Crippen LogP contribution in [0.3, 0.4) is 0 Å². The maximum absolute atomic E-state index is 11.5. The second kappa shape index (κ2) is 4.76. The molecule has 0 unspecified atom stereocenters. The summed E-state index contributed by atoms with van der Waals surface area (Å²) in [6.45, 7) is 0.253. The number of imidazole rings is 1. The van der Waals surface area contributed by atoms with Crippen LogP contribution in [-0.2, 0) is 4.74 Å². The van der Waals surface area contributed by atoms with E-state index in [-0.39, 0.29) is 19.2 Å². The summed E-state index contributed by atoms with van der Waals surface area (Å²) >= 11 is 0. The minimum Gasteiger partial charge on any atom is -0.462 e. The number of fused-ring (bicyclic) bond motifs is 1. The number of hydrogen-bond donors (Lipinski definition) is 2. The Bertz CT molecular complexity index is 493. The van der Waals surface area contributed by atoms with Gasteiger partial charge in [0.1, 0.15) is 0 Å². The lowest BCUT2D eigenvalue weighted by atomic mass is 10.2. The van der Waals surface area contributed by atoms with Crippen molar-refractivity contribution in [3.63, 3.8) is 0 Å². The molecule has 0 spiro atoms. The number of aromatic amines is 1. The fourth-order valence-corrected chi connectivity index (χ4v) is 1.38. The Morgan fingerprint density at radius 2 is 2.38 bits per heavy atom. The molecule has 0 aliphatic heterocycles. The number of esters is 1. The van der Waals surface area contributed by atoms with Crippen molar-refractivity contribution in [1.29, 1.82) is 0 Å². The summed E-state index contributed by atoms with van der Waals surface area (Å²) in [5, 5.41) is 8.56. The fourth-order valence-electron chi connectivity index (χ4n) is 1.38. The van der Waals surface area contributed by atoms with Crippen LogP contribution >= 0.6 is 0 Å². The normalized spacial score (nSPS) is 10.6. The SMILES string of the molecule is O=C(OCCCO)c1ccc2nc[nH]c2c1. The molecule has 0 fully saturated rings. The van der Waals surface area contributed by atoms with E-state index in [1.165, 1.54) is 0 Å². The highest BCUT2D eigenvalue weighted by Crippen LogP contribution is 2.12. The maximum Gasteiger partial charge on any atom is 0.338 e. The van der Waals surface area contributed by atoms with Crippen LogP contribution in [0.4, 0.5) is 0 Å². The zero-order valence-electron chi connectivity index (χ0n) is 8.64. The number of nitrogens with zero attached hydrogens (tertiary/aromatic N) is 1. The highest BCUT2D eigenvalue weighted by molar-refractivity contribution is 5.93. The molecular formula is C11H12N2O3. The Labute approximate surface area is 92.1 Å². The van der Waals surface area contributed by atoms with Gasteiger partial charge in [0, 0.05) is 13.0 Å². The topological polar surface area (TPSA) is 75.2 Å². The molecule has 16 heavy (non-hydrogen) atoms. The molecule has 0 saturated heterocycles. The van der Waals surface area contributed by atoms with E-state index in [2.05, 4.69) is 9.97 Å². The van der Waals surface area contributed by atoms with E-state index in [9.17, 15) is 4.79 Å². The largest absolute Gasteiger partial charge is 0.462 e. The molecule has 1 aromatic heterocycles. The van der Waals surface area contributed by atoms with E-state index in [0.717, 1.165) is 11.0 Å². The molecule has 0 bridgehead atoms. The van der Waals surface area contributed by atoms with Gasteiger partial charge in [0.15, 0.2) is 0 Å². The Kier molecular flexibility index (Phi) is 3.16. The third kappa shape index (κ3) is 2.20. The van der Waals surface area contributed by atoms with Crippen LogP contribution < -0.4 is 0 Å². The van der Waals surface area contributed by atoms with E-state index in [4.69, 9.17) is 9.84 Å². The first-order valence-electron chi connectivity index (χ1n) is 5.02. The summed E-state index contributed by atoms with van der Waals surface area (Å²) in [6, 6.07) is 5.13. The zero-order chi connectivity index (χ0) is 11.4. The Morgan fingerprint density at radius 1 is 1.50 bits per heavy atom. The summed E-state index contributed by atoms with van der Waals surface area (Å²) in [6.07, 6.45) is 2.03. The number of carbonyl (C=O) groups excluding carboxylic acids is 1. The van der Waals surface area contributed by atoms with Gasteiger partial charge in [0.2, 0.25) is 0 Å². The first-order valence-corrected chi connectivity index (χ1v) is 5.02.